The van der Waals surface area contributed by atoms with Gasteiger partial charge in [-0.15, -0.1) is 0 Å². The molecule has 1 aromatic carbocycles. The molecule has 5 nitrogen and oxygen atoms in total. The van der Waals surface area contributed by atoms with Crippen LogP contribution in [0.1, 0.15) is 5.56 Å². The van der Waals surface area contributed by atoms with Gasteiger partial charge in [0.15, 0.2) is 0 Å². The molecule has 1 heterocycles. The van der Waals surface area contributed by atoms with Gasteiger partial charge in [-0.25, -0.2) is 0 Å². The maximum Gasteiger partial charge on any atom is 0.120 e. The number of nitrogens with zero attached hydrogens (tertiary/aromatic N) is 2. The molecule has 3 N–H and O–H groups in total. The van der Waals surface area contributed by atoms with Crippen molar-refractivity contribution in [1.29, 1.82) is 5.26 Å². The Morgan fingerprint density at radius 2 is 2.17 bits per heavy atom. The fourth-order valence-electron chi connectivity index (χ4n) is 2.05. The van der Waals surface area contributed by atoms with Crippen LogP contribution in [0.25, 0.3) is 0 Å². The second-order valence-electron chi connectivity index (χ2n) is 4.16. The topological polar surface area (TPSA) is 74.3 Å². The molecule has 0 saturated carbocycles. The van der Waals surface area contributed by atoms with E-state index < -0.39 is 0 Å². The number of nitriles is 1. The molecule has 2 rings (SSSR count). The zero-order valence-corrected chi connectivity index (χ0v) is 10.4. The van der Waals surface area contributed by atoms with Crippen LogP contribution in [0.15, 0.2) is 18.2 Å². The van der Waals surface area contributed by atoms with Gasteiger partial charge in [-0.2, -0.15) is 5.26 Å². The second-order valence-corrected chi connectivity index (χ2v) is 4.16. The van der Waals surface area contributed by atoms with Gasteiger partial charge in [0.05, 0.1) is 11.3 Å². The Kier molecular flexibility index (Phi) is 4.40. The van der Waals surface area contributed by atoms with Gasteiger partial charge in [0.1, 0.15) is 18.4 Å². The van der Waals surface area contributed by atoms with Gasteiger partial charge in [-0.1, -0.05) is 0 Å². The quantitative estimate of drug-likeness (QED) is 0.799. The average Bonchev–Trinajstić information content (AvgIpc) is 2.45. The predicted octanol–water partition coefficient (Wildman–Crippen LogP) is 0.305. The molecule has 1 aromatic rings. The van der Waals surface area contributed by atoms with Gasteiger partial charge in [-0.05, 0) is 18.2 Å². The minimum atomic E-state index is 0.470. The maximum absolute atomic E-state index is 9.23. The third kappa shape index (κ3) is 2.92. The molecule has 0 radical (unpaired) electrons. The molecule has 0 aromatic heterocycles. The van der Waals surface area contributed by atoms with Crippen LogP contribution in [0.2, 0.25) is 0 Å². The molecule has 1 saturated heterocycles. The van der Waals surface area contributed by atoms with Crippen LogP contribution in [0.3, 0.4) is 0 Å². The van der Waals surface area contributed by atoms with E-state index in [1.165, 1.54) is 0 Å². The summed E-state index contributed by atoms with van der Waals surface area (Å²) in [7, 11) is 0. The van der Waals surface area contributed by atoms with Crippen LogP contribution in [-0.2, 0) is 0 Å². The Balaban J connectivity index is 2.17. The minimum Gasteiger partial charge on any atom is -0.492 e. The lowest BCUT2D eigenvalue weighted by molar-refractivity contribution is 0.328. The Hall–Kier alpha value is -1.77. The third-order valence-electron chi connectivity index (χ3n) is 2.93. The Bertz CT molecular complexity index is 435. The zero-order chi connectivity index (χ0) is 12.8. The first-order chi connectivity index (χ1) is 8.85. The van der Waals surface area contributed by atoms with Crippen molar-refractivity contribution < 1.29 is 4.74 Å². The molecule has 1 aliphatic heterocycles. The summed E-state index contributed by atoms with van der Waals surface area (Å²) in [6, 6.07) is 7.87. The van der Waals surface area contributed by atoms with Crippen molar-refractivity contribution in [3.8, 4) is 11.8 Å². The summed E-state index contributed by atoms with van der Waals surface area (Å²) in [5.74, 6) is 0.705. The highest BCUT2D eigenvalue weighted by molar-refractivity contribution is 5.61. The number of hydrogen-bond donors (Lipinski definition) is 2. The van der Waals surface area contributed by atoms with Crippen LogP contribution < -0.4 is 20.7 Å². The number of piperazine rings is 1. The SMILES string of the molecule is N#Cc1cc(OCCN)ccc1N1CCNCC1. The van der Waals surface area contributed by atoms with E-state index in [1.54, 1.807) is 6.07 Å². The van der Waals surface area contributed by atoms with Crippen LogP contribution in [0, 0.1) is 11.3 Å². The number of ether oxygens (including phenoxy) is 1. The fourth-order valence-corrected chi connectivity index (χ4v) is 2.05. The van der Waals surface area contributed by atoms with E-state index in [-0.39, 0.29) is 0 Å². The molecule has 0 bridgehead atoms. The maximum atomic E-state index is 9.23. The number of benzene rings is 1. The van der Waals surface area contributed by atoms with Crippen molar-refractivity contribution in [2.24, 2.45) is 5.73 Å². The first kappa shape index (κ1) is 12.7. The third-order valence-corrected chi connectivity index (χ3v) is 2.93. The van der Waals surface area contributed by atoms with E-state index in [9.17, 15) is 5.26 Å². The Morgan fingerprint density at radius 3 is 2.83 bits per heavy atom. The highest BCUT2D eigenvalue weighted by Crippen LogP contribution is 2.25. The molecule has 0 spiro atoms. The van der Waals surface area contributed by atoms with Gasteiger partial charge >= 0.3 is 0 Å². The van der Waals surface area contributed by atoms with Gasteiger partial charge in [-0.3, -0.25) is 0 Å². The van der Waals surface area contributed by atoms with Crippen molar-refractivity contribution in [2.75, 3.05) is 44.2 Å². The predicted molar refractivity (Wildman–Crippen MR) is 70.8 cm³/mol. The number of nitrogens with one attached hydrogen (secondary N) is 1. The molecule has 1 fully saturated rings. The van der Waals surface area contributed by atoms with E-state index in [2.05, 4.69) is 16.3 Å². The van der Waals surface area contributed by atoms with Crippen LogP contribution in [-0.4, -0.2) is 39.3 Å². The minimum absolute atomic E-state index is 0.470. The summed E-state index contributed by atoms with van der Waals surface area (Å²) >= 11 is 0. The molecular weight excluding hydrogens is 228 g/mol. The van der Waals surface area contributed by atoms with Crippen molar-refractivity contribution in [1.82, 2.24) is 5.32 Å². The zero-order valence-electron chi connectivity index (χ0n) is 10.4. The van der Waals surface area contributed by atoms with Gasteiger partial charge in [0.2, 0.25) is 0 Å². The van der Waals surface area contributed by atoms with Crippen molar-refractivity contribution in [3.05, 3.63) is 23.8 Å². The second kappa shape index (κ2) is 6.24. The van der Waals surface area contributed by atoms with E-state index in [0.717, 1.165) is 31.9 Å². The van der Waals surface area contributed by atoms with Gasteiger partial charge in [0.25, 0.3) is 0 Å². The van der Waals surface area contributed by atoms with E-state index in [4.69, 9.17) is 10.5 Å². The highest BCUT2D eigenvalue weighted by atomic mass is 16.5. The molecule has 0 amide bonds. The average molecular weight is 246 g/mol. The van der Waals surface area contributed by atoms with Gasteiger partial charge in [0, 0.05) is 32.7 Å². The Morgan fingerprint density at radius 1 is 1.39 bits per heavy atom. The number of anilines is 1. The fraction of sp³-hybridized carbons (Fsp3) is 0.462. The number of nitrogens with two attached hydrogens (primary N) is 1. The van der Waals surface area contributed by atoms with Gasteiger partial charge < -0.3 is 20.7 Å². The van der Waals surface area contributed by atoms with E-state index >= 15 is 0 Å². The Labute approximate surface area is 107 Å². The lowest BCUT2D eigenvalue weighted by Gasteiger charge is -2.30. The molecule has 0 atom stereocenters. The standard InChI is InChI=1S/C13H18N4O/c14-3-8-18-12-1-2-13(11(9-12)10-15)17-6-4-16-5-7-17/h1-2,9,16H,3-8,14H2. The van der Waals surface area contributed by atoms with Crippen molar-refractivity contribution >= 4 is 5.69 Å². The first-order valence-electron chi connectivity index (χ1n) is 6.18. The van der Waals surface area contributed by atoms with Crippen LogP contribution in [0.5, 0.6) is 5.75 Å². The van der Waals surface area contributed by atoms with E-state index in [0.29, 0.717) is 24.5 Å². The monoisotopic (exact) mass is 246 g/mol. The molecule has 1 aliphatic rings. The molecule has 18 heavy (non-hydrogen) atoms. The lowest BCUT2D eigenvalue weighted by atomic mass is 10.1. The molecule has 0 aliphatic carbocycles. The van der Waals surface area contributed by atoms with Crippen LogP contribution >= 0.6 is 0 Å². The molecule has 0 unspecified atom stereocenters. The lowest BCUT2D eigenvalue weighted by Crippen LogP contribution is -2.43. The normalized spacial score (nSPS) is 15.2. The van der Waals surface area contributed by atoms with Crippen LogP contribution in [0.4, 0.5) is 5.69 Å². The largest absolute Gasteiger partial charge is 0.492 e. The molecule has 96 valence electrons. The van der Waals surface area contributed by atoms with E-state index in [1.807, 2.05) is 12.1 Å². The molecular formula is C13H18N4O. The molecule has 5 heteroatoms. The summed E-state index contributed by atoms with van der Waals surface area (Å²) in [5, 5.41) is 12.5. The summed E-state index contributed by atoms with van der Waals surface area (Å²) in [6.07, 6.45) is 0. The summed E-state index contributed by atoms with van der Waals surface area (Å²) in [4.78, 5) is 2.22. The smallest absolute Gasteiger partial charge is 0.120 e. The number of hydrogen-bond acceptors (Lipinski definition) is 5. The number of rotatable bonds is 4. The summed E-state index contributed by atoms with van der Waals surface area (Å²) < 4.78 is 5.43. The first-order valence-corrected chi connectivity index (χ1v) is 6.18. The van der Waals surface area contributed by atoms with Crippen molar-refractivity contribution in [3.63, 3.8) is 0 Å². The van der Waals surface area contributed by atoms with Crippen molar-refractivity contribution in [2.45, 2.75) is 0 Å². The summed E-state index contributed by atoms with van der Waals surface area (Å²) in [5.41, 5.74) is 7.03. The highest BCUT2D eigenvalue weighted by Gasteiger charge is 2.14. The summed E-state index contributed by atoms with van der Waals surface area (Å²) in [6.45, 7) is 4.71.